The molecule has 0 aliphatic rings. The van der Waals surface area contributed by atoms with Gasteiger partial charge in [-0.15, -0.1) is 0 Å². The van der Waals surface area contributed by atoms with Crippen LogP contribution < -0.4 is 10.1 Å². The Morgan fingerprint density at radius 3 is 2.19 bits per heavy atom. The fourth-order valence-corrected chi connectivity index (χ4v) is 2.43. The van der Waals surface area contributed by atoms with Crippen molar-refractivity contribution in [1.82, 2.24) is 5.32 Å². The number of Topliss-reactive ketones (excluding diaryl/α,β-unsaturated/α-hetero) is 1. The van der Waals surface area contributed by atoms with Crippen LogP contribution in [0.4, 0.5) is 13.2 Å². The normalized spacial score (nSPS) is 11.1. The maximum Gasteiger partial charge on any atom is 0.422 e. The Labute approximate surface area is 162 Å². The summed E-state index contributed by atoms with van der Waals surface area (Å²) in [6, 6.07) is 12.8. The number of halogens is 4. The number of rotatable bonds is 8. The molecule has 0 spiro atoms. The van der Waals surface area contributed by atoms with Gasteiger partial charge in [0, 0.05) is 29.4 Å². The van der Waals surface area contributed by atoms with Crippen LogP contribution in [0.3, 0.4) is 0 Å². The molecule has 0 aliphatic heterocycles. The average Bonchev–Trinajstić information content (AvgIpc) is 2.63. The van der Waals surface area contributed by atoms with Crippen molar-refractivity contribution < 1.29 is 27.5 Å². The lowest BCUT2D eigenvalue weighted by Gasteiger charge is -2.10. The minimum Gasteiger partial charge on any atom is -0.484 e. The number of hydrogen-bond donors (Lipinski definition) is 1. The lowest BCUT2D eigenvalue weighted by atomic mass is 10.1. The minimum atomic E-state index is -4.39. The Balaban J connectivity index is 1.73. The van der Waals surface area contributed by atoms with Crippen LogP contribution in [0.25, 0.3) is 0 Å². The molecule has 27 heavy (non-hydrogen) atoms. The second kappa shape index (κ2) is 9.55. The minimum absolute atomic E-state index is 0.0572. The van der Waals surface area contributed by atoms with Gasteiger partial charge in [-0.1, -0.05) is 40.2 Å². The van der Waals surface area contributed by atoms with Crippen molar-refractivity contribution in [2.45, 2.75) is 25.6 Å². The summed E-state index contributed by atoms with van der Waals surface area (Å²) in [4.78, 5) is 23.9. The topological polar surface area (TPSA) is 55.4 Å². The summed E-state index contributed by atoms with van der Waals surface area (Å²) in [5.41, 5.74) is 1.25. The summed E-state index contributed by atoms with van der Waals surface area (Å²) in [5.74, 6) is -0.302. The molecule has 0 saturated heterocycles. The van der Waals surface area contributed by atoms with Gasteiger partial charge in [0.05, 0.1) is 0 Å². The number of ketones is 1. The zero-order chi connectivity index (χ0) is 19.9. The van der Waals surface area contributed by atoms with Gasteiger partial charge in [-0.05, 0) is 29.8 Å². The fourth-order valence-electron chi connectivity index (χ4n) is 2.16. The highest BCUT2D eigenvalue weighted by Gasteiger charge is 2.28. The van der Waals surface area contributed by atoms with E-state index in [2.05, 4.69) is 26.0 Å². The van der Waals surface area contributed by atoms with Gasteiger partial charge in [0.1, 0.15) is 5.75 Å². The predicted molar refractivity (Wildman–Crippen MR) is 97.5 cm³/mol. The van der Waals surface area contributed by atoms with E-state index in [1.54, 1.807) is 36.4 Å². The van der Waals surface area contributed by atoms with Crippen molar-refractivity contribution in [1.29, 1.82) is 0 Å². The third-order valence-electron chi connectivity index (χ3n) is 3.56. The van der Waals surface area contributed by atoms with Crippen LogP contribution in [0, 0.1) is 0 Å². The van der Waals surface area contributed by atoms with Crippen molar-refractivity contribution in [2.24, 2.45) is 0 Å². The lowest BCUT2D eigenvalue weighted by Crippen LogP contribution is -2.23. The highest BCUT2D eigenvalue weighted by Crippen LogP contribution is 2.19. The Kier molecular flexibility index (Phi) is 7.41. The Morgan fingerprint density at radius 2 is 1.59 bits per heavy atom. The molecule has 144 valence electrons. The zero-order valence-corrected chi connectivity index (χ0v) is 15.8. The van der Waals surface area contributed by atoms with Gasteiger partial charge in [-0.3, -0.25) is 9.59 Å². The van der Waals surface area contributed by atoms with Gasteiger partial charge in [-0.25, -0.2) is 0 Å². The summed E-state index contributed by atoms with van der Waals surface area (Å²) < 4.78 is 41.7. The van der Waals surface area contributed by atoms with Gasteiger partial charge in [0.15, 0.2) is 12.4 Å². The molecular weight excluding hydrogens is 427 g/mol. The molecule has 0 heterocycles. The molecule has 0 saturated carbocycles. The number of nitrogens with one attached hydrogen (secondary N) is 1. The molecule has 4 nitrogen and oxygen atoms in total. The molecule has 2 aromatic rings. The SMILES string of the molecule is O=C(CCC(=O)c1ccc(Br)cc1)NCc1ccc(OCC(F)(F)F)cc1. The monoisotopic (exact) mass is 443 g/mol. The lowest BCUT2D eigenvalue weighted by molar-refractivity contribution is -0.153. The second-order valence-corrected chi connectivity index (χ2v) is 6.67. The van der Waals surface area contributed by atoms with Gasteiger partial charge < -0.3 is 10.1 Å². The van der Waals surface area contributed by atoms with Gasteiger partial charge in [0.2, 0.25) is 5.91 Å². The van der Waals surface area contributed by atoms with E-state index in [0.717, 1.165) is 4.47 Å². The summed E-state index contributed by atoms with van der Waals surface area (Å²) in [6.45, 7) is -1.14. The molecule has 0 radical (unpaired) electrons. The maximum atomic E-state index is 12.1. The third-order valence-corrected chi connectivity index (χ3v) is 4.09. The molecular formula is C19H17BrF3NO3. The van der Waals surface area contributed by atoms with Crippen LogP contribution >= 0.6 is 15.9 Å². The van der Waals surface area contributed by atoms with E-state index in [9.17, 15) is 22.8 Å². The third kappa shape index (κ3) is 7.82. The van der Waals surface area contributed by atoms with E-state index in [1.165, 1.54) is 12.1 Å². The zero-order valence-electron chi connectivity index (χ0n) is 14.2. The molecule has 8 heteroatoms. The van der Waals surface area contributed by atoms with E-state index in [4.69, 9.17) is 0 Å². The van der Waals surface area contributed by atoms with Crippen LogP contribution in [-0.4, -0.2) is 24.5 Å². The van der Waals surface area contributed by atoms with Crippen molar-refractivity contribution in [3.05, 3.63) is 64.1 Å². The molecule has 1 amide bonds. The number of benzene rings is 2. The predicted octanol–water partition coefficient (Wildman–Crippen LogP) is 4.67. The van der Waals surface area contributed by atoms with E-state index < -0.39 is 12.8 Å². The molecule has 1 N–H and O–H groups in total. The first kappa shape index (κ1) is 21.0. The average molecular weight is 444 g/mol. The smallest absolute Gasteiger partial charge is 0.422 e. The van der Waals surface area contributed by atoms with E-state index in [1.807, 2.05) is 0 Å². The Hall–Kier alpha value is -2.35. The molecule has 0 fully saturated rings. The van der Waals surface area contributed by atoms with Gasteiger partial charge in [-0.2, -0.15) is 13.2 Å². The first-order chi connectivity index (χ1) is 12.7. The molecule has 2 rings (SSSR count). The largest absolute Gasteiger partial charge is 0.484 e. The number of ether oxygens (including phenoxy) is 1. The van der Waals surface area contributed by atoms with Crippen molar-refractivity contribution in [3.63, 3.8) is 0 Å². The summed E-state index contributed by atoms with van der Waals surface area (Å²) >= 11 is 3.29. The maximum absolute atomic E-state index is 12.1. The van der Waals surface area contributed by atoms with Gasteiger partial charge in [0.25, 0.3) is 0 Å². The molecule has 2 aromatic carbocycles. The molecule has 0 bridgehead atoms. The molecule has 0 aliphatic carbocycles. The van der Waals surface area contributed by atoms with E-state index in [0.29, 0.717) is 11.1 Å². The highest BCUT2D eigenvalue weighted by atomic mass is 79.9. The Morgan fingerprint density at radius 1 is 0.963 bits per heavy atom. The van der Waals surface area contributed by atoms with Crippen LogP contribution in [-0.2, 0) is 11.3 Å². The van der Waals surface area contributed by atoms with Crippen LogP contribution in [0.5, 0.6) is 5.75 Å². The fraction of sp³-hybridized carbons (Fsp3) is 0.263. The highest BCUT2D eigenvalue weighted by molar-refractivity contribution is 9.10. The Bertz CT molecular complexity index is 774. The molecule has 0 aromatic heterocycles. The summed E-state index contributed by atoms with van der Waals surface area (Å²) in [6.07, 6.45) is -4.24. The number of carbonyl (C=O) groups is 2. The van der Waals surface area contributed by atoms with Crippen molar-refractivity contribution in [3.8, 4) is 5.75 Å². The number of carbonyl (C=O) groups excluding carboxylic acids is 2. The van der Waals surface area contributed by atoms with E-state index in [-0.39, 0.29) is 36.8 Å². The first-order valence-electron chi connectivity index (χ1n) is 8.07. The first-order valence-corrected chi connectivity index (χ1v) is 8.86. The quantitative estimate of drug-likeness (QED) is 0.603. The van der Waals surface area contributed by atoms with Crippen LogP contribution in [0.15, 0.2) is 53.0 Å². The number of amides is 1. The molecule has 0 unspecified atom stereocenters. The number of hydrogen-bond acceptors (Lipinski definition) is 3. The van der Waals surface area contributed by atoms with Crippen LogP contribution in [0.1, 0.15) is 28.8 Å². The summed E-state index contributed by atoms with van der Waals surface area (Å²) in [5, 5.41) is 2.67. The van der Waals surface area contributed by atoms with Crippen molar-refractivity contribution >= 4 is 27.6 Å². The molecule has 0 atom stereocenters. The van der Waals surface area contributed by atoms with Crippen molar-refractivity contribution in [2.75, 3.05) is 6.61 Å². The number of alkyl halides is 3. The summed E-state index contributed by atoms with van der Waals surface area (Å²) in [7, 11) is 0. The second-order valence-electron chi connectivity index (χ2n) is 5.75. The van der Waals surface area contributed by atoms with Gasteiger partial charge >= 0.3 is 6.18 Å². The van der Waals surface area contributed by atoms with E-state index >= 15 is 0 Å². The van der Waals surface area contributed by atoms with Crippen LogP contribution in [0.2, 0.25) is 0 Å². The standard InChI is InChI=1S/C19H17BrF3NO3/c20-15-5-3-14(4-6-15)17(25)9-10-18(26)24-11-13-1-7-16(8-2-13)27-12-19(21,22)23/h1-8H,9-12H2,(H,24,26).